The minimum absolute atomic E-state index is 0.0647. The molecule has 0 aliphatic carbocycles. The molecule has 0 fully saturated rings. The van der Waals surface area contributed by atoms with Gasteiger partial charge in [-0.3, -0.25) is 13.9 Å². The molecular formula is C23H31N3O4S. The summed E-state index contributed by atoms with van der Waals surface area (Å²) >= 11 is 0. The fraction of sp³-hybridized carbons (Fsp3) is 0.391. The number of carbonyl (C=O) groups is 2. The highest BCUT2D eigenvalue weighted by Gasteiger charge is 2.32. The summed E-state index contributed by atoms with van der Waals surface area (Å²) in [5.41, 5.74) is 3.03. The maximum absolute atomic E-state index is 13.2. The minimum Gasteiger partial charge on any atom is -0.350 e. The smallest absolute Gasteiger partial charge is 0.253 e. The van der Waals surface area contributed by atoms with Crippen LogP contribution in [0.1, 0.15) is 48.7 Å². The molecule has 2 amide bonds. The Morgan fingerprint density at radius 2 is 1.68 bits per heavy atom. The van der Waals surface area contributed by atoms with Crippen LogP contribution in [0.5, 0.6) is 0 Å². The molecule has 0 aliphatic heterocycles. The molecule has 2 aromatic carbocycles. The summed E-state index contributed by atoms with van der Waals surface area (Å²) in [6.45, 7) is 9.28. The fourth-order valence-electron chi connectivity index (χ4n) is 3.27. The monoisotopic (exact) mass is 445 g/mol. The van der Waals surface area contributed by atoms with Gasteiger partial charge in [-0.15, -0.1) is 0 Å². The van der Waals surface area contributed by atoms with E-state index in [0.717, 1.165) is 21.7 Å². The molecular weight excluding hydrogens is 414 g/mol. The summed E-state index contributed by atoms with van der Waals surface area (Å²) in [4.78, 5) is 25.7. The zero-order valence-electron chi connectivity index (χ0n) is 18.9. The second-order valence-corrected chi connectivity index (χ2v) is 9.77. The van der Waals surface area contributed by atoms with Gasteiger partial charge in [0.2, 0.25) is 15.9 Å². The summed E-state index contributed by atoms with van der Waals surface area (Å²) in [7, 11) is -3.75. The Morgan fingerprint density at radius 1 is 1.03 bits per heavy atom. The van der Waals surface area contributed by atoms with Crippen molar-refractivity contribution in [3.63, 3.8) is 0 Å². The first-order valence-corrected chi connectivity index (χ1v) is 12.1. The van der Waals surface area contributed by atoms with Crippen LogP contribution >= 0.6 is 0 Å². The quantitative estimate of drug-likeness (QED) is 0.649. The van der Waals surface area contributed by atoms with E-state index in [2.05, 4.69) is 10.6 Å². The van der Waals surface area contributed by atoms with E-state index in [4.69, 9.17) is 0 Å². The van der Waals surface area contributed by atoms with Gasteiger partial charge in [0.1, 0.15) is 6.04 Å². The normalized spacial score (nSPS) is 12.4. The van der Waals surface area contributed by atoms with E-state index in [-0.39, 0.29) is 18.4 Å². The molecule has 0 heterocycles. The van der Waals surface area contributed by atoms with E-state index in [9.17, 15) is 18.0 Å². The number of nitrogens with one attached hydrogen (secondary N) is 2. The molecule has 0 aliphatic rings. The summed E-state index contributed by atoms with van der Waals surface area (Å²) in [6.07, 6.45) is 1.34. The molecule has 1 atom stereocenters. The Hall–Kier alpha value is -2.87. The number of aryl methyl sites for hydroxylation is 2. The molecule has 0 radical (unpaired) electrons. The number of sulfonamides is 1. The summed E-state index contributed by atoms with van der Waals surface area (Å²) in [5, 5.41) is 5.56. The van der Waals surface area contributed by atoms with Gasteiger partial charge in [0.15, 0.2) is 0 Å². The van der Waals surface area contributed by atoms with E-state index in [1.54, 1.807) is 43.3 Å². The first kappa shape index (κ1) is 24.4. The summed E-state index contributed by atoms with van der Waals surface area (Å²) in [5.74, 6) is -0.816. The Labute approximate surface area is 184 Å². The number of benzene rings is 2. The topological polar surface area (TPSA) is 95.6 Å². The summed E-state index contributed by atoms with van der Waals surface area (Å²) in [6, 6.07) is 10.9. The number of amides is 2. The van der Waals surface area contributed by atoms with Crippen LogP contribution in [-0.2, 0) is 14.8 Å². The van der Waals surface area contributed by atoms with Gasteiger partial charge >= 0.3 is 0 Å². The third-order valence-corrected chi connectivity index (χ3v) is 6.10. The lowest BCUT2D eigenvalue weighted by molar-refractivity contribution is -0.117. The van der Waals surface area contributed by atoms with Crippen molar-refractivity contribution in [2.75, 3.05) is 15.9 Å². The van der Waals surface area contributed by atoms with Crippen molar-refractivity contribution in [3.05, 3.63) is 59.2 Å². The van der Waals surface area contributed by atoms with Crippen LogP contribution in [0.2, 0.25) is 0 Å². The molecule has 0 spiro atoms. The lowest BCUT2D eigenvalue weighted by Gasteiger charge is -2.30. The van der Waals surface area contributed by atoms with Gasteiger partial charge in [-0.2, -0.15) is 0 Å². The second kappa shape index (κ2) is 9.96. The molecule has 31 heavy (non-hydrogen) atoms. The van der Waals surface area contributed by atoms with Gasteiger partial charge in [-0.05, 0) is 69.5 Å². The molecule has 0 aromatic heterocycles. The van der Waals surface area contributed by atoms with Gasteiger partial charge in [-0.1, -0.05) is 25.1 Å². The van der Waals surface area contributed by atoms with Crippen LogP contribution in [0, 0.1) is 13.8 Å². The molecule has 8 heteroatoms. The lowest BCUT2D eigenvalue weighted by atomic mass is 10.1. The number of nitrogens with zero attached hydrogens (tertiary/aromatic N) is 1. The zero-order chi connectivity index (χ0) is 23.3. The Morgan fingerprint density at radius 3 is 2.23 bits per heavy atom. The molecule has 168 valence electrons. The highest BCUT2D eigenvalue weighted by Crippen LogP contribution is 2.26. The van der Waals surface area contributed by atoms with Gasteiger partial charge in [0.05, 0.1) is 23.2 Å². The second-order valence-electron chi connectivity index (χ2n) is 7.91. The Kier molecular flexibility index (Phi) is 7.84. The number of rotatable bonds is 8. The molecule has 0 saturated carbocycles. The van der Waals surface area contributed by atoms with Crippen LogP contribution in [0.25, 0.3) is 0 Å². The van der Waals surface area contributed by atoms with Crippen molar-refractivity contribution in [1.29, 1.82) is 0 Å². The van der Waals surface area contributed by atoms with Gasteiger partial charge in [-0.25, -0.2) is 8.42 Å². The first-order chi connectivity index (χ1) is 14.5. The Bertz CT molecular complexity index is 1060. The fourth-order valence-corrected chi connectivity index (χ4v) is 4.47. The average molecular weight is 446 g/mol. The van der Waals surface area contributed by atoms with E-state index in [1.165, 1.54) is 0 Å². The van der Waals surface area contributed by atoms with Crippen molar-refractivity contribution < 1.29 is 18.0 Å². The van der Waals surface area contributed by atoms with Crippen LogP contribution in [-0.4, -0.2) is 38.6 Å². The van der Waals surface area contributed by atoms with E-state index < -0.39 is 22.0 Å². The third-order valence-electron chi connectivity index (χ3n) is 4.92. The number of hydrogen-bond donors (Lipinski definition) is 2. The van der Waals surface area contributed by atoms with Crippen molar-refractivity contribution in [1.82, 2.24) is 5.32 Å². The van der Waals surface area contributed by atoms with Crippen molar-refractivity contribution in [2.45, 2.75) is 53.1 Å². The molecule has 0 unspecified atom stereocenters. The van der Waals surface area contributed by atoms with Gasteiger partial charge in [0.25, 0.3) is 5.91 Å². The first-order valence-electron chi connectivity index (χ1n) is 10.2. The highest BCUT2D eigenvalue weighted by molar-refractivity contribution is 7.92. The highest BCUT2D eigenvalue weighted by atomic mass is 32.2. The van der Waals surface area contributed by atoms with Gasteiger partial charge < -0.3 is 10.6 Å². The van der Waals surface area contributed by atoms with E-state index in [0.29, 0.717) is 16.9 Å². The average Bonchev–Trinajstić information content (AvgIpc) is 2.67. The molecule has 7 nitrogen and oxygen atoms in total. The largest absolute Gasteiger partial charge is 0.350 e. The molecule has 2 aromatic rings. The van der Waals surface area contributed by atoms with Crippen molar-refractivity contribution in [2.24, 2.45) is 0 Å². The predicted molar refractivity (Wildman–Crippen MR) is 125 cm³/mol. The maximum atomic E-state index is 13.2. The van der Waals surface area contributed by atoms with Crippen molar-refractivity contribution in [3.8, 4) is 0 Å². The zero-order valence-corrected chi connectivity index (χ0v) is 19.7. The van der Waals surface area contributed by atoms with Crippen LogP contribution in [0.4, 0.5) is 11.4 Å². The standard InChI is InChI=1S/C23H31N3O4S/c1-7-21(26(31(6,29)30)18-13-12-16(4)17(5)14-18)23(28)25-20-11-9-8-10-19(20)22(27)24-15(2)3/h8-15,21H,7H2,1-6H3,(H,24,27)(H,25,28)/t21-/m0/s1. The molecule has 0 saturated heterocycles. The number of anilines is 2. The predicted octanol–water partition coefficient (Wildman–Crippen LogP) is 3.62. The number of hydrogen-bond acceptors (Lipinski definition) is 4. The number of para-hydroxylation sites is 1. The molecule has 2 N–H and O–H groups in total. The maximum Gasteiger partial charge on any atom is 0.253 e. The molecule has 2 rings (SSSR count). The number of carbonyl (C=O) groups excluding carboxylic acids is 2. The van der Waals surface area contributed by atoms with E-state index in [1.807, 2.05) is 33.8 Å². The van der Waals surface area contributed by atoms with E-state index >= 15 is 0 Å². The third kappa shape index (κ3) is 6.07. The van der Waals surface area contributed by atoms with Gasteiger partial charge in [0, 0.05) is 6.04 Å². The summed E-state index contributed by atoms with van der Waals surface area (Å²) < 4.78 is 26.5. The molecule has 0 bridgehead atoms. The van der Waals surface area contributed by atoms with Crippen LogP contribution in [0.3, 0.4) is 0 Å². The van der Waals surface area contributed by atoms with Crippen LogP contribution in [0.15, 0.2) is 42.5 Å². The van der Waals surface area contributed by atoms with Crippen LogP contribution < -0.4 is 14.9 Å². The minimum atomic E-state index is -3.75. The lowest BCUT2D eigenvalue weighted by Crippen LogP contribution is -2.47. The SMILES string of the molecule is CC[C@@H](C(=O)Nc1ccccc1C(=O)NC(C)C)N(c1ccc(C)c(C)c1)S(C)(=O)=O. The Balaban J connectivity index is 2.42. The van der Waals surface area contributed by atoms with Crippen molar-refractivity contribution >= 4 is 33.2 Å².